The van der Waals surface area contributed by atoms with Crippen molar-refractivity contribution in [1.29, 1.82) is 0 Å². The third kappa shape index (κ3) is 5.19. The molecular weight excluding hydrogens is 400 g/mol. The first-order valence-electron chi connectivity index (χ1n) is 8.30. The van der Waals surface area contributed by atoms with Crippen LogP contribution < -0.4 is 5.32 Å². The van der Waals surface area contributed by atoms with E-state index in [4.69, 9.17) is 23.8 Å². The van der Waals surface area contributed by atoms with Crippen molar-refractivity contribution in [2.45, 2.75) is 13.3 Å². The van der Waals surface area contributed by atoms with Crippen LogP contribution in [0.5, 0.6) is 0 Å². The Labute approximate surface area is 172 Å². The van der Waals surface area contributed by atoms with E-state index >= 15 is 0 Å². The summed E-state index contributed by atoms with van der Waals surface area (Å²) in [5, 5.41) is 3.46. The van der Waals surface area contributed by atoms with Crippen molar-refractivity contribution in [2.75, 3.05) is 11.9 Å². The van der Waals surface area contributed by atoms with Crippen LogP contribution in [-0.2, 0) is 9.59 Å². The van der Waals surface area contributed by atoms with Crippen LogP contribution in [-0.4, -0.2) is 27.6 Å². The van der Waals surface area contributed by atoms with Crippen LogP contribution in [0.25, 0.3) is 6.08 Å². The van der Waals surface area contributed by atoms with Crippen LogP contribution >= 0.6 is 35.6 Å². The van der Waals surface area contributed by atoms with E-state index in [9.17, 15) is 9.59 Å². The molecule has 1 aliphatic rings. The first-order valence-corrected chi connectivity index (χ1v) is 9.90. The number of nitrogens with one attached hydrogen (secondary N) is 1. The summed E-state index contributed by atoms with van der Waals surface area (Å²) in [6.07, 6.45) is 1.95. The molecule has 27 heavy (non-hydrogen) atoms. The zero-order valence-electron chi connectivity index (χ0n) is 14.6. The van der Waals surface area contributed by atoms with E-state index in [-0.39, 0.29) is 24.8 Å². The maximum Gasteiger partial charge on any atom is 0.266 e. The summed E-state index contributed by atoms with van der Waals surface area (Å²) in [7, 11) is 0. The molecule has 138 valence electrons. The molecule has 1 heterocycles. The summed E-state index contributed by atoms with van der Waals surface area (Å²) >= 11 is 12.4. The molecule has 3 rings (SSSR count). The molecule has 0 aliphatic carbocycles. The molecule has 0 aromatic heterocycles. The average Bonchev–Trinajstić information content (AvgIpc) is 2.90. The SMILES string of the molecule is Cc1ccc(NC(=O)CCN2C(=O)/C(=C/c3ccc(Cl)cc3)SC2=S)cc1. The molecule has 0 atom stereocenters. The van der Waals surface area contributed by atoms with Crippen molar-refractivity contribution in [3.8, 4) is 0 Å². The van der Waals surface area contributed by atoms with Crippen molar-refractivity contribution in [2.24, 2.45) is 0 Å². The zero-order valence-corrected chi connectivity index (χ0v) is 17.0. The molecule has 0 radical (unpaired) electrons. The van der Waals surface area contributed by atoms with Gasteiger partial charge in [0.25, 0.3) is 5.91 Å². The standard InChI is InChI=1S/C20H17ClN2O2S2/c1-13-2-8-16(9-3-13)22-18(24)10-11-23-19(25)17(27-20(23)26)12-14-4-6-15(21)7-5-14/h2-9,12H,10-11H2,1H3,(H,22,24)/b17-12-. The Balaban J connectivity index is 1.59. The molecule has 0 unspecified atom stereocenters. The summed E-state index contributed by atoms with van der Waals surface area (Å²) in [6, 6.07) is 14.8. The summed E-state index contributed by atoms with van der Waals surface area (Å²) in [6.45, 7) is 2.23. The summed E-state index contributed by atoms with van der Waals surface area (Å²) in [4.78, 5) is 26.7. The molecule has 4 nitrogen and oxygen atoms in total. The zero-order chi connectivity index (χ0) is 19.4. The molecular formula is C20H17ClN2O2S2. The highest BCUT2D eigenvalue weighted by Gasteiger charge is 2.32. The van der Waals surface area contributed by atoms with Gasteiger partial charge < -0.3 is 5.32 Å². The van der Waals surface area contributed by atoms with Gasteiger partial charge in [-0.3, -0.25) is 14.5 Å². The van der Waals surface area contributed by atoms with Crippen molar-refractivity contribution >= 4 is 63.5 Å². The molecule has 1 N–H and O–H groups in total. The number of rotatable bonds is 5. The second-order valence-corrected chi connectivity index (χ2v) is 8.16. The second kappa shape index (κ2) is 8.69. The number of benzene rings is 2. The van der Waals surface area contributed by atoms with Gasteiger partial charge in [-0.05, 0) is 42.8 Å². The van der Waals surface area contributed by atoms with E-state index < -0.39 is 0 Å². The third-order valence-electron chi connectivity index (χ3n) is 3.94. The van der Waals surface area contributed by atoms with E-state index in [1.807, 2.05) is 43.3 Å². The lowest BCUT2D eigenvalue weighted by atomic mass is 10.2. The lowest BCUT2D eigenvalue weighted by Crippen LogP contribution is -2.31. The minimum Gasteiger partial charge on any atom is -0.326 e. The first kappa shape index (κ1) is 19.6. The number of thioether (sulfide) groups is 1. The monoisotopic (exact) mass is 416 g/mol. The van der Waals surface area contributed by atoms with Crippen molar-refractivity contribution < 1.29 is 9.59 Å². The van der Waals surface area contributed by atoms with Crippen LogP contribution in [0.1, 0.15) is 17.5 Å². The highest BCUT2D eigenvalue weighted by molar-refractivity contribution is 8.26. The van der Waals surface area contributed by atoms with Crippen molar-refractivity contribution in [3.63, 3.8) is 0 Å². The van der Waals surface area contributed by atoms with Crippen LogP contribution in [0, 0.1) is 6.92 Å². The van der Waals surface area contributed by atoms with E-state index in [2.05, 4.69) is 5.32 Å². The number of thiocarbonyl (C=S) groups is 1. The Hall–Kier alpha value is -2.15. The third-order valence-corrected chi connectivity index (χ3v) is 5.57. The van der Waals surface area contributed by atoms with Gasteiger partial charge in [-0.25, -0.2) is 0 Å². The number of hydrogen-bond donors (Lipinski definition) is 1. The quantitative estimate of drug-likeness (QED) is 0.557. The molecule has 1 fully saturated rings. The topological polar surface area (TPSA) is 49.4 Å². The largest absolute Gasteiger partial charge is 0.326 e. The predicted molar refractivity (Wildman–Crippen MR) is 116 cm³/mol. The normalized spacial score (nSPS) is 15.5. The Morgan fingerprint density at radius 2 is 1.85 bits per heavy atom. The van der Waals surface area contributed by atoms with Crippen LogP contribution in [0.3, 0.4) is 0 Å². The number of carbonyl (C=O) groups is 2. The number of amides is 2. The van der Waals surface area contributed by atoms with E-state index in [0.29, 0.717) is 14.2 Å². The maximum atomic E-state index is 12.6. The van der Waals surface area contributed by atoms with Gasteiger partial charge in [-0.2, -0.15) is 0 Å². The highest BCUT2D eigenvalue weighted by atomic mass is 35.5. The minimum atomic E-state index is -0.178. The summed E-state index contributed by atoms with van der Waals surface area (Å²) in [5.74, 6) is -0.335. The summed E-state index contributed by atoms with van der Waals surface area (Å²) < 4.78 is 0.461. The van der Waals surface area contributed by atoms with Crippen LogP contribution in [0.2, 0.25) is 5.02 Å². The fraction of sp³-hybridized carbons (Fsp3) is 0.150. The van der Waals surface area contributed by atoms with Gasteiger partial charge >= 0.3 is 0 Å². The Morgan fingerprint density at radius 3 is 2.52 bits per heavy atom. The Morgan fingerprint density at radius 1 is 1.19 bits per heavy atom. The molecule has 2 aromatic carbocycles. The smallest absolute Gasteiger partial charge is 0.266 e. The van der Waals surface area contributed by atoms with Gasteiger partial charge in [0.2, 0.25) is 5.91 Å². The molecule has 7 heteroatoms. The van der Waals surface area contributed by atoms with Gasteiger partial charge in [0.15, 0.2) is 0 Å². The van der Waals surface area contributed by atoms with E-state index in [0.717, 1.165) is 16.8 Å². The maximum absolute atomic E-state index is 12.6. The van der Waals surface area contributed by atoms with Gasteiger partial charge in [0.1, 0.15) is 4.32 Å². The fourth-order valence-corrected chi connectivity index (χ4v) is 3.91. The van der Waals surface area contributed by atoms with Gasteiger partial charge in [-0.15, -0.1) is 0 Å². The molecule has 2 aromatic rings. The van der Waals surface area contributed by atoms with Gasteiger partial charge in [-0.1, -0.05) is 65.4 Å². The van der Waals surface area contributed by atoms with Crippen molar-refractivity contribution in [3.05, 3.63) is 69.6 Å². The molecule has 0 saturated carbocycles. The number of hydrogen-bond acceptors (Lipinski definition) is 4. The Kier molecular flexibility index (Phi) is 6.31. The van der Waals surface area contributed by atoms with Gasteiger partial charge in [0.05, 0.1) is 4.91 Å². The second-order valence-electron chi connectivity index (χ2n) is 6.05. The van der Waals surface area contributed by atoms with Gasteiger partial charge in [0, 0.05) is 23.7 Å². The Bertz CT molecular complexity index is 909. The number of halogens is 1. The van der Waals surface area contributed by atoms with E-state index in [1.54, 1.807) is 18.2 Å². The predicted octanol–water partition coefficient (Wildman–Crippen LogP) is 4.88. The molecule has 0 spiro atoms. The number of aryl methyl sites for hydroxylation is 1. The lowest BCUT2D eigenvalue weighted by molar-refractivity contribution is -0.122. The highest BCUT2D eigenvalue weighted by Crippen LogP contribution is 2.32. The molecule has 1 saturated heterocycles. The molecule has 1 aliphatic heterocycles. The summed E-state index contributed by atoms with van der Waals surface area (Å²) in [5.41, 5.74) is 2.73. The van der Waals surface area contributed by atoms with Crippen molar-refractivity contribution in [1.82, 2.24) is 4.90 Å². The number of anilines is 1. The minimum absolute atomic E-state index is 0.158. The van der Waals surface area contributed by atoms with E-state index in [1.165, 1.54) is 16.7 Å². The van der Waals surface area contributed by atoms with Crippen LogP contribution in [0.4, 0.5) is 5.69 Å². The molecule has 0 bridgehead atoms. The first-order chi connectivity index (χ1) is 12.9. The van der Waals surface area contributed by atoms with Crippen LogP contribution in [0.15, 0.2) is 53.4 Å². The fourth-order valence-electron chi connectivity index (χ4n) is 2.48. The molecule has 2 amide bonds. The lowest BCUT2D eigenvalue weighted by Gasteiger charge is -2.14. The number of nitrogens with zero attached hydrogens (tertiary/aromatic N) is 1. The number of carbonyl (C=O) groups excluding carboxylic acids is 2. The average molecular weight is 417 g/mol.